The number of piperidine rings is 1. The van der Waals surface area contributed by atoms with Crippen molar-refractivity contribution in [2.24, 2.45) is 0 Å². The van der Waals surface area contributed by atoms with Crippen molar-refractivity contribution in [1.29, 1.82) is 0 Å². The number of halogens is 1. The van der Waals surface area contributed by atoms with E-state index in [-0.39, 0.29) is 18.1 Å². The second-order valence-corrected chi connectivity index (χ2v) is 9.98. The Kier molecular flexibility index (Phi) is 6.26. The number of aromatic nitrogens is 3. The molecule has 2 aromatic rings. The Labute approximate surface area is 198 Å². The van der Waals surface area contributed by atoms with Gasteiger partial charge >= 0.3 is 12.2 Å². The molecule has 2 aliphatic heterocycles. The molecule has 0 saturated carbocycles. The fourth-order valence-electron chi connectivity index (χ4n) is 4.44. The van der Waals surface area contributed by atoms with E-state index in [2.05, 4.69) is 10.2 Å². The highest BCUT2D eigenvalue weighted by atomic mass is 35.5. The maximum atomic E-state index is 12.5. The fourth-order valence-corrected chi connectivity index (χ4v) is 4.63. The zero-order valence-electron chi connectivity index (χ0n) is 19.7. The van der Waals surface area contributed by atoms with Crippen LogP contribution in [0.3, 0.4) is 0 Å². The van der Waals surface area contributed by atoms with Gasteiger partial charge in [0.1, 0.15) is 11.4 Å². The van der Waals surface area contributed by atoms with Crippen LogP contribution in [0.1, 0.15) is 69.7 Å². The summed E-state index contributed by atoms with van der Waals surface area (Å²) >= 11 is 6.28. The van der Waals surface area contributed by atoms with E-state index in [9.17, 15) is 9.59 Å². The first-order valence-corrected chi connectivity index (χ1v) is 11.5. The van der Waals surface area contributed by atoms with Crippen LogP contribution in [-0.4, -0.2) is 62.6 Å². The minimum absolute atomic E-state index is 0.116. The zero-order valence-corrected chi connectivity index (χ0v) is 20.4. The predicted molar refractivity (Wildman–Crippen MR) is 123 cm³/mol. The molecule has 10 heteroatoms. The highest BCUT2D eigenvalue weighted by Gasteiger charge is 2.36. The molecule has 1 atom stereocenters. The van der Waals surface area contributed by atoms with Gasteiger partial charge in [-0.3, -0.25) is 9.47 Å². The number of rotatable bonds is 1. The van der Waals surface area contributed by atoms with Crippen LogP contribution in [0.5, 0.6) is 0 Å². The van der Waals surface area contributed by atoms with E-state index < -0.39 is 11.7 Å². The fraction of sp³-hybridized carbons (Fsp3) is 0.565. The molecule has 4 rings (SSSR count). The summed E-state index contributed by atoms with van der Waals surface area (Å²) < 4.78 is 12.6. The van der Waals surface area contributed by atoms with Crippen LogP contribution in [0, 0.1) is 0 Å². The van der Waals surface area contributed by atoms with E-state index in [1.165, 1.54) is 7.11 Å². The summed E-state index contributed by atoms with van der Waals surface area (Å²) in [5.74, 6) is 1.62. The Bertz CT molecular complexity index is 1060. The van der Waals surface area contributed by atoms with E-state index in [1.54, 1.807) is 9.80 Å². The normalized spacial score (nSPS) is 18.9. The molecular formula is C23H30ClN5O4. The van der Waals surface area contributed by atoms with E-state index in [4.69, 9.17) is 21.1 Å². The van der Waals surface area contributed by atoms with Crippen LogP contribution in [0.25, 0.3) is 5.69 Å². The van der Waals surface area contributed by atoms with Gasteiger partial charge in [-0.05, 0) is 64.3 Å². The Morgan fingerprint density at radius 1 is 1.09 bits per heavy atom. The highest BCUT2D eigenvalue weighted by molar-refractivity contribution is 6.30. The Balaban J connectivity index is 1.65. The summed E-state index contributed by atoms with van der Waals surface area (Å²) in [6.45, 7) is 9.03. The average molecular weight is 476 g/mol. The smallest absolute Gasteiger partial charge is 0.410 e. The largest absolute Gasteiger partial charge is 0.453 e. The quantitative estimate of drug-likeness (QED) is 0.595. The molecular weight excluding hydrogens is 446 g/mol. The zero-order chi connectivity index (χ0) is 23.9. The Morgan fingerprint density at radius 3 is 2.39 bits per heavy atom. The maximum absolute atomic E-state index is 12.5. The molecule has 1 aromatic carbocycles. The lowest BCUT2D eigenvalue weighted by molar-refractivity contribution is 0.0202. The molecule has 2 aliphatic rings. The minimum Gasteiger partial charge on any atom is -0.453 e. The molecule has 33 heavy (non-hydrogen) atoms. The standard InChI is InChI=1S/C23H30ClN5O4/c1-14-19-25-26-20(15-8-10-27(11-9-15)21(30)33-23(2,3)4)29(19)18-7-6-17(24)12-16(18)13-28(14)22(31)32-5/h6-7,12,14-15H,8-11,13H2,1-5H3. The summed E-state index contributed by atoms with van der Waals surface area (Å²) in [5.41, 5.74) is 1.28. The highest BCUT2D eigenvalue weighted by Crippen LogP contribution is 2.37. The van der Waals surface area contributed by atoms with Gasteiger partial charge in [0.25, 0.3) is 0 Å². The van der Waals surface area contributed by atoms with Crippen molar-refractivity contribution < 1.29 is 19.1 Å². The van der Waals surface area contributed by atoms with Crippen LogP contribution >= 0.6 is 11.6 Å². The molecule has 1 aromatic heterocycles. The second-order valence-electron chi connectivity index (χ2n) is 9.54. The third kappa shape index (κ3) is 4.64. The number of fused-ring (bicyclic) bond motifs is 3. The number of amides is 2. The number of hydrogen-bond acceptors (Lipinski definition) is 6. The van der Waals surface area contributed by atoms with Gasteiger partial charge in [0.05, 0.1) is 25.4 Å². The lowest BCUT2D eigenvalue weighted by Crippen LogP contribution is -2.41. The molecule has 2 amide bonds. The number of hydrogen-bond donors (Lipinski definition) is 0. The van der Waals surface area contributed by atoms with Gasteiger partial charge in [-0.1, -0.05) is 11.6 Å². The average Bonchev–Trinajstić information content (AvgIpc) is 3.16. The number of benzene rings is 1. The summed E-state index contributed by atoms with van der Waals surface area (Å²) in [4.78, 5) is 28.3. The van der Waals surface area contributed by atoms with Crippen molar-refractivity contribution >= 4 is 23.8 Å². The monoisotopic (exact) mass is 475 g/mol. The van der Waals surface area contributed by atoms with Crippen LogP contribution < -0.4 is 0 Å². The summed E-state index contributed by atoms with van der Waals surface area (Å²) in [5, 5.41) is 9.63. The molecule has 0 N–H and O–H groups in total. The molecule has 1 unspecified atom stereocenters. The number of nitrogens with zero attached hydrogens (tertiary/aromatic N) is 5. The number of carbonyl (C=O) groups excluding carboxylic acids is 2. The third-order valence-corrected chi connectivity index (χ3v) is 6.33. The summed E-state index contributed by atoms with van der Waals surface area (Å²) in [7, 11) is 1.37. The molecule has 0 spiro atoms. The Morgan fingerprint density at radius 2 is 1.76 bits per heavy atom. The van der Waals surface area contributed by atoms with Crippen molar-refractivity contribution in [3.05, 3.63) is 40.4 Å². The van der Waals surface area contributed by atoms with Crippen molar-refractivity contribution in [2.75, 3.05) is 20.2 Å². The SMILES string of the molecule is COC(=O)N1Cc2cc(Cl)ccc2-n2c(C3CCN(C(=O)OC(C)(C)C)CC3)nnc2C1C. The van der Waals surface area contributed by atoms with E-state index in [0.29, 0.717) is 30.5 Å². The van der Waals surface area contributed by atoms with Crippen molar-refractivity contribution in [2.45, 2.75) is 64.6 Å². The molecule has 9 nitrogen and oxygen atoms in total. The third-order valence-electron chi connectivity index (χ3n) is 6.10. The lowest BCUT2D eigenvalue weighted by Gasteiger charge is -2.33. The molecule has 0 aliphatic carbocycles. The summed E-state index contributed by atoms with van der Waals surface area (Å²) in [6.07, 6.45) is 0.769. The molecule has 0 radical (unpaired) electrons. The lowest BCUT2D eigenvalue weighted by atomic mass is 9.95. The first-order chi connectivity index (χ1) is 15.6. The first-order valence-electron chi connectivity index (χ1n) is 11.2. The van der Waals surface area contributed by atoms with Crippen LogP contribution in [0.15, 0.2) is 18.2 Å². The van der Waals surface area contributed by atoms with Gasteiger partial charge in [-0.25, -0.2) is 9.59 Å². The molecule has 178 valence electrons. The summed E-state index contributed by atoms with van der Waals surface area (Å²) in [6, 6.07) is 5.30. The van der Waals surface area contributed by atoms with Crippen LogP contribution in [0.4, 0.5) is 9.59 Å². The maximum Gasteiger partial charge on any atom is 0.410 e. The first kappa shape index (κ1) is 23.4. The van der Waals surface area contributed by atoms with Crippen molar-refractivity contribution in [3.8, 4) is 5.69 Å². The van der Waals surface area contributed by atoms with Crippen LogP contribution in [-0.2, 0) is 16.0 Å². The van der Waals surface area contributed by atoms with Crippen molar-refractivity contribution in [1.82, 2.24) is 24.6 Å². The van der Waals surface area contributed by atoms with E-state index in [0.717, 1.165) is 29.9 Å². The number of methoxy groups -OCH3 is 1. The van der Waals surface area contributed by atoms with E-state index in [1.807, 2.05) is 50.5 Å². The second kappa shape index (κ2) is 8.85. The molecule has 1 fully saturated rings. The van der Waals surface area contributed by atoms with Gasteiger partial charge < -0.3 is 14.4 Å². The van der Waals surface area contributed by atoms with Gasteiger partial charge in [0.15, 0.2) is 5.82 Å². The van der Waals surface area contributed by atoms with Crippen LogP contribution in [0.2, 0.25) is 5.02 Å². The topological polar surface area (TPSA) is 89.8 Å². The van der Waals surface area contributed by atoms with Crippen molar-refractivity contribution in [3.63, 3.8) is 0 Å². The number of ether oxygens (including phenoxy) is 2. The molecule has 3 heterocycles. The Hall–Kier alpha value is -2.81. The van der Waals surface area contributed by atoms with E-state index >= 15 is 0 Å². The van der Waals surface area contributed by atoms with Gasteiger partial charge in [0.2, 0.25) is 0 Å². The predicted octanol–water partition coefficient (Wildman–Crippen LogP) is 4.68. The number of likely N-dealkylation sites (tertiary alicyclic amines) is 1. The molecule has 1 saturated heterocycles. The number of carbonyl (C=O) groups is 2. The van der Waals surface area contributed by atoms with Gasteiger partial charge in [-0.15, -0.1) is 10.2 Å². The van der Waals surface area contributed by atoms with Gasteiger partial charge in [0, 0.05) is 24.0 Å². The molecule has 0 bridgehead atoms. The minimum atomic E-state index is -0.523. The van der Waals surface area contributed by atoms with Gasteiger partial charge in [-0.2, -0.15) is 0 Å².